The second kappa shape index (κ2) is 6.37. The Morgan fingerprint density at radius 2 is 2.06 bits per heavy atom. The molecule has 0 unspecified atom stereocenters. The van der Waals surface area contributed by atoms with E-state index in [1.54, 1.807) is 6.07 Å². The van der Waals surface area contributed by atoms with Crippen LogP contribution in [0.4, 0.5) is 0 Å². The minimum absolute atomic E-state index is 0.420. The highest BCUT2D eigenvalue weighted by Gasteiger charge is 2.08. The Labute approximate surface area is 98.8 Å². The third-order valence-electron chi connectivity index (χ3n) is 2.97. The minimum atomic E-state index is 0.420. The van der Waals surface area contributed by atoms with E-state index < -0.39 is 0 Å². The molecule has 0 radical (unpaired) electrons. The summed E-state index contributed by atoms with van der Waals surface area (Å²) in [6.07, 6.45) is 5.19. The first-order chi connectivity index (χ1) is 7.69. The molecule has 1 heteroatoms. The van der Waals surface area contributed by atoms with Crippen molar-refractivity contribution >= 4 is 0 Å². The number of benzene rings is 1. The molecule has 0 aliphatic heterocycles. The average Bonchev–Trinajstić information content (AvgIpc) is 2.29. The van der Waals surface area contributed by atoms with Gasteiger partial charge in [0.2, 0.25) is 0 Å². The van der Waals surface area contributed by atoms with E-state index in [2.05, 4.69) is 26.5 Å². The standard InChI is InChI=1S/C15H22O/c1-4-6-8-13-9-7-10-15(16)14(13)11-12(3)5-2/h7,9-10,16H,3-6,8,11H2,1-2H3. The zero-order valence-electron chi connectivity index (χ0n) is 10.4. The van der Waals surface area contributed by atoms with Gasteiger partial charge in [-0.25, -0.2) is 0 Å². The maximum atomic E-state index is 9.89. The highest BCUT2D eigenvalue weighted by Crippen LogP contribution is 2.25. The lowest BCUT2D eigenvalue weighted by Crippen LogP contribution is -1.97. The van der Waals surface area contributed by atoms with E-state index in [0.29, 0.717) is 5.75 Å². The van der Waals surface area contributed by atoms with Gasteiger partial charge in [0.1, 0.15) is 5.75 Å². The van der Waals surface area contributed by atoms with Crippen LogP contribution in [0.1, 0.15) is 44.2 Å². The summed E-state index contributed by atoms with van der Waals surface area (Å²) in [6, 6.07) is 5.82. The zero-order chi connectivity index (χ0) is 12.0. The third kappa shape index (κ3) is 3.41. The fraction of sp³-hybridized carbons (Fsp3) is 0.467. The Kier molecular flexibility index (Phi) is 5.10. The third-order valence-corrected chi connectivity index (χ3v) is 2.97. The van der Waals surface area contributed by atoms with Gasteiger partial charge < -0.3 is 5.11 Å². The molecule has 1 aromatic carbocycles. The van der Waals surface area contributed by atoms with Gasteiger partial charge in [0.05, 0.1) is 0 Å². The summed E-state index contributed by atoms with van der Waals surface area (Å²) in [5.41, 5.74) is 3.53. The smallest absolute Gasteiger partial charge is 0.119 e. The maximum absolute atomic E-state index is 9.89. The molecule has 1 rings (SSSR count). The van der Waals surface area contributed by atoms with Crippen molar-refractivity contribution in [3.63, 3.8) is 0 Å². The van der Waals surface area contributed by atoms with E-state index in [1.165, 1.54) is 24.0 Å². The number of rotatable bonds is 6. The van der Waals surface area contributed by atoms with E-state index in [4.69, 9.17) is 0 Å². The molecule has 16 heavy (non-hydrogen) atoms. The van der Waals surface area contributed by atoms with Crippen LogP contribution in [-0.4, -0.2) is 5.11 Å². The van der Waals surface area contributed by atoms with Crippen LogP contribution < -0.4 is 0 Å². The van der Waals surface area contributed by atoms with Crippen LogP contribution in [0.3, 0.4) is 0 Å². The largest absolute Gasteiger partial charge is 0.508 e. The number of aryl methyl sites for hydroxylation is 1. The van der Waals surface area contributed by atoms with Crippen molar-refractivity contribution in [3.8, 4) is 5.75 Å². The SMILES string of the molecule is C=C(CC)Cc1c(O)cccc1CCCC. The van der Waals surface area contributed by atoms with E-state index in [0.717, 1.165) is 24.8 Å². The Morgan fingerprint density at radius 1 is 1.31 bits per heavy atom. The van der Waals surface area contributed by atoms with Crippen LogP contribution in [0.2, 0.25) is 0 Å². The Hall–Kier alpha value is -1.24. The lowest BCUT2D eigenvalue weighted by atomic mass is 9.95. The summed E-state index contributed by atoms with van der Waals surface area (Å²) in [5, 5.41) is 9.89. The maximum Gasteiger partial charge on any atom is 0.119 e. The van der Waals surface area contributed by atoms with Crippen LogP contribution in [0.5, 0.6) is 5.75 Å². The molecule has 0 heterocycles. The van der Waals surface area contributed by atoms with Crippen molar-refractivity contribution in [2.45, 2.75) is 46.0 Å². The van der Waals surface area contributed by atoms with Gasteiger partial charge in [-0.2, -0.15) is 0 Å². The van der Waals surface area contributed by atoms with Gasteiger partial charge in [0.15, 0.2) is 0 Å². The summed E-state index contributed by atoms with van der Waals surface area (Å²) in [5.74, 6) is 0.420. The molecule has 0 saturated heterocycles. The van der Waals surface area contributed by atoms with Gasteiger partial charge in [0, 0.05) is 5.56 Å². The fourth-order valence-electron chi connectivity index (χ4n) is 1.80. The monoisotopic (exact) mass is 218 g/mol. The van der Waals surface area contributed by atoms with Crippen LogP contribution in [0.25, 0.3) is 0 Å². The van der Waals surface area contributed by atoms with E-state index in [-0.39, 0.29) is 0 Å². The Morgan fingerprint density at radius 3 is 2.69 bits per heavy atom. The molecule has 88 valence electrons. The molecular weight excluding hydrogens is 196 g/mol. The van der Waals surface area contributed by atoms with Crippen LogP contribution >= 0.6 is 0 Å². The summed E-state index contributed by atoms with van der Waals surface area (Å²) in [6.45, 7) is 8.31. The molecule has 0 aliphatic carbocycles. The van der Waals surface area contributed by atoms with E-state index in [9.17, 15) is 5.11 Å². The predicted molar refractivity (Wildman–Crippen MR) is 69.9 cm³/mol. The van der Waals surface area contributed by atoms with Crippen molar-refractivity contribution in [2.24, 2.45) is 0 Å². The fourth-order valence-corrected chi connectivity index (χ4v) is 1.80. The summed E-state index contributed by atoms with van der Waals surface area (Å²) in [4.78, 5) is 0. The molecule has 1 nitrogen and oxygen atoms in total. The molecule has 0 amide bonds. The van der Waals surface area contributed by atoms with Crippen molar-refractivity contribution in [3.05, 3.63) is 41.5 Å². The normalized spacial score (nSPS) is 10.4. The van der Waals surface area contributed by atoms with E-state index >= 15 is 0 Å². The molecule has 0 aliphatic rings. The van der Waals surface area contributed by atoms with Crippen LogP contribution in [0.15, 0.2) is 30.4 Å². The first kappa shape index (κ1) is 12.8. The first-order valence-electron chi connectivity index (χ1n) is 6.15. The van der Waals surface area contributed by atoms with Crippen molar-refractivity contribution in [2.75, 3.05) is 0 Å². The number of allylic oxidation sites excluding steroid dienone is 1. The van der Waals surface area contributed by atoms with Gasteiger partial charge in [-0.15, -0.1) is 0 Å². The van der Waals surface area contributed by atoms with Gasteiger partial charge in [0.25, 0.3) is 0 Å². The predicted octanol–water partition coefficient (Wildman–Crippen LogP) is 4.24. The molecular formula is C15H22O. The van der Waals surface area contributed by atoms with Gasteiger partial charge >= 0.3 is 0 Å². The molecule has 1 aromatic rings. The number of unbranched alkanes of at least 4 members (excludes halogenated alkanes) is 1. The second-order valence-corrected chi connectivity index (χ2v) is 4.30. The number of phenolic OH excluding ortho intramolecular Hbond substituents is 1. The summed E-state index contributed by atoms with van der Waals surface area (Å²) >= 11 is 0. The molecule has 0 atom stereocenters. The van der Waals surface area contributed by atoms with Gasteiger partial charge in [-0.3, -0.25) is 0 Å². The first-order valence-corrected chi connectivity index (χ1v) is 6.15. The molecule has 0 fully saturated rings. The van der Waals surface area contributed by atoms with Crippen LogP contribution in [-0.2, 0) is 12.8 Å². The molecule has 0 spiro atoms. The number of phenols is 1. The Balaban J connectivity index is 2.89. The number of aromatic hydroxyl groups is 1. The van der Waals surface area contributed by atoms with Gasteiger partial charge in [-0.1, -0.05) is 44.6 Å². The quantitative estimate of drug-likeness (QED) is 0.708. The highest BCUT2D eigenvalue weighted by atomic mass is 16.3. The lowest BCUT2D eigenvalue weighted by Gasteiger charge is -2.12. The minimum Gasteiger partial charge on any atom is -0.508 e. The molecule has 0 aromatic heterocycles. The zero-order valence-corrected chi connectivity index (χ0v) is 10.4. The molecule has 0 saturated carbocycles. The second-order valence-electron chi connectivity index (χ2n) is 4.30. The molecule has 0 bridgehead atoms. The average molecular weight is 218 g/mol. The summed E-state index contributed by atoms with van der Waals surface area (Å²) < 4.78 is 0. The van der Waals surface area contributed by atoms with E-state index in [1.807, 2.05) is 6.07 Å². The summed E-state index contributed by atoms with van der Waals surface area (Å²) in [7, 11) is 0. The van der Waals surface area contributed by atoms with Crippen LogP contribution in [0, 0.1) is 0 Å². The van der Waals surface area contributed by atoms with Crippen molar-refractivity contribution in [1.82, 2.24) is 0 Å². The number of hydrogen-bond donors (Lipinski definition) is 1. The van der Waals surface area contributed by atoms with Crippen molar-refractivity contribution in [1.29, 1.82) is 0 Å². The van der Waals surface area contributed by atoms with Gasteiger partial charge in [-0.05, 0) is 37.3 Å². The Bertz CT molecular complexity index is 352. The number of hydrogen-bond acceptors (Lipinski definition) is 1. The lowest BCUT2D eigenvalue weighted by molar-refractivity contribution is 0.468. The molecule has 1 N–H and O–H groups in total. The van der Waals surface area contributed by atoms with Crippen molar-refractivity contribution < 1.29 is 5.11 Å². The topological polar surface area (TPSA) is 20.2 Å². The highest BCUT2D eigenvalue weighted by molar-refractivity contribution is 5.41.